The fourth-order valence-electron chi connectivity index (χ4n) is 2.33. The van der Waals surface area contributed by atoms with Crippen LogP contribution < -0.4 is 0 Å². The van der Waals surface area contributed by atoms with Crippen LogP contribution in [0.3, 0.4) is 0 Å². The maximum atomic E-state index is 11.0. The molecule has 1 aliphatic rings. The Bertz CT molecular complexity index is 447. The molecule has 1 fully saturated rings. The minimum atomic E-state index is -0.755. The van der Waals surface area contributed by atoms with Crippen molar-refractivity contribution in [1.29, 1.82) is 0 Å². The standard InChI is InChI=1S/C13H17NO4/c15-11-4-3-9(12(16)6-11)7-14-5-1-2-10(8-14)13(17)18/h3-4,6,10,15-16H,1-2,5,7-8H2,(H,17,18). The van der Waals surface area contributed by atoms with Gasteiger partial charge in [0.15, 0.2) is 0 Å². The van der Waals surface area contributed by atoms with Crippen molar-refractivity contribution >= 4 is 5.97 Å². The number of hydrogen-bond donors (Lipinski definition) is 3. The lowest BCUT2D eigenvalue weighted by Gasteiger charge is -2.30. The first-order valence-corrected chi connectivity index (χ1v) is 6.02. The Labute approximate surface area is 105 Å². The van der Waals surface area contributed by atoms with E-state index < -0.39 is 5.97 Å². The van der Waals surface area contributed by atoms with Gasteiger partial charge in [-0.15, -0.1) is 0 Å². The molecule has 1 aromatic rings. The van der Waals surface area contributed by atoms with E-state index in [1.165, 1.54) is 12.1 Å². The average molecular weight is 251 g/mol. The molecular weight excluding hydrogens is 234 g/mol. The molecule has 18 heavy (non-hydrogen) atoms. The van der Waals surface area contributed by atoms with Gasteiger partial charge in [0.2, 0.25) is 0 Å². The monoisotopic (exact) mass is 251 g/mol. The van der Waals surface area contributed by atoms with E-state index in [0.29, 0.717) is 25.1 Å². The third-order valence-corrected chi connectivity index (χ3v) is 3.32. The molecule has 3 N–H and O–H groups in total. The lowest BCUT2D eigenvalue weighted by molar-refractivity contribution is -0.143. The largest absolute Gasteiger partial charge is 0.508 e. The van der Waals surface area contributed by atoms with Gasteiger partial charge < -0.3 is 15.3 Å². The van der Waals surface area contributed by atoms with E-state index >= 15 is 0 Å². The van der Waals surface area contributed by atoms with Gasteiger partial charge in [-0.05, 0) is 25.5 Å². The highest BCUT2D eigenvalue weighted by Crippen LogP contribution is 2.26. The number of carboxylic acids is 1. The molecule has 0 spiro atoms. The van der Waals surface area contributed by atoms with Crippen molar-refractivity contribution in [1.82, 2.24) is 4.90 Å². The topological polar surface area (TPSA) is 81.0 Å². The van der Waals surface area contributed by atoms with Crippen molar-refractivity contribution in [2.45, 2.75) is 19.4 Å². The second-order valence-electron chi connectivity index (χ2n) is 4.73. The number of carboxylic acid groups (broad SMARTS) is 1. The fourth-order valence-corrected chi connectivity index (χ4v) is 2.33. The van der Waals surface area contributed by atoms with Gasteiger partial charge in [-0.2, -0.15) is 0 Å². The average Bonchev–Trinajstić information content (AvgIpc) is 2.33. The van der Waals surface area contributed by atoms with E-state index in [2.05, 4.69) is 0 Å². The molecule has 1 aromatic carbocycles. The molecule has 1 atom stereocenters. The van der Waals surface area contributed by atoms with E-state index in [0.717, 1.165) is 13.0 Å². The van der Waals surface area contributed by atoms with Gasteiger partial charge in [0, 0.05) is 24.7 Å². The van der Waals surface area contributed by atoms with Crippen LogP contribution in [0.25, 0.3) is 0 Å². The molecule has 1 unspecified atom stereocenters. The van der Waals surface area contributed by atoms with E-state index in [9.17, 15) is 15.0 Å². The first kappa shape index (κ1) is 12.7. The maximum absolute atomic E-state index is 11.0. The number of benzene rings is 1. The van der Waals surface area contributed by atoms with Crippen molar-refractivity contribution in [3.63, 3.8) is 0 Å². The first-order chi connectivity index (χ1) is 8.56. The number of likely N-dealkylation sites (tertiary alicyclic amines) is 1. The number of phenolic OH excluding ortho intramolecular Hbond substituents is 2. The summed E-state index contributed by atoms with van der Waals surface area (Å²) in [7, 11) is 0. The third-order valence-electron chi connectivity index (χ3n) is 3.32. The van der Waals surface area contributed by atoms with E-state index in [-0.39, 0.29) is 17.4 Å². The van der Waals surface area contributed by atoms with Gasteiger partial charge in [-0.25, -0.2) is 0 Å². The highest BCUT2D eigenvalue weighted by molar-refractivity contribution is 5.70. The number of aliphatic carboxylic acids is 1. The minimum Gasteiger partial charge on any atom is -0.508 e. The van der Waals surface area contributed by atoms with Gasteiger partial charge in [-0.3, -0.25) is 9.69 Å². The highest BCUT2D eigenvalue weighted by Gasteiger charge is 2.25. The number of aromatic hydroxyl groups is 2. The normalized spacial score (nSPS) is 20.8. The quantitative estimate of drug-likeness (QED) is 0.756. The lowest BCUT2D eigenvalue weighted by Crippen LogP contribution is -2.38. The zero-order chi connectivity index (χ0) is 13.1. The number of carbonyl (C=O) groups is 1. The first-order valence-electron chi connectivity index (χ1n) is 6.02. The van der Waals surface area contributed by atoms with Crippen LogP contribution in [0.15, 0.2) is 18.2 Å². The van der Waals surface area contributed by atoms with Crippen molar-refractivity contribution in [2.24, 2.45) is 5.92 Å². The van der Waals surface area contributed by atoms with E-state index in [1.807, 2.05) is 4.90 Å². The number of hydrogen-bond acceptors (Lipinski definition) is 4. The Kier molecular flexibility index (Phi) is 3.72. The van der Waals surface area contributed by atoms with Crippen LogP contribution >= 0.6 is 0 Å². The van der Waals surface area contributed by atoms with Crippen molar-refractivity contribution < 1.29 is 20.1 Å². The number of rotatable bonds is 3. The number of piperidine rings is 1. The molecule has 0 radical (unpaired) electrons. The molecule has 98 valence electrons. The fraction of sp³-hybridized carbons (Fsp3) is 0.462. The molecule has 1 heterocycles. The maximum Gasteiger partial charge on any atom is 0.307 e. The van der Waals surface area contributed by atoms with Crippen LogP contribution in [0, 0.1) is 5.92 Å². The lowest BCUT2D eigenvalue weighted by atomic mass is 9.98. The molecule has 5 nitrogen and oxygen atoms in total. The summed E-state index contributed by atoms with van der Waals surface area (Å²) < 4.78 is 0. The Morgan fingerprint density at radius 1 is 1.39 bits per heavy atom. The zero-order valence-corrected chi connectivity index (χ0v) is 10.0. The van der Waals surface area contributed by atoms with Crippen LogP contribution in [0.2, 0.25) is 0 Å². The summed E-state index contributed by atoms with van der Waals surface area (Å²) in [6.07, 6.45) is 1.57. The smallest absolute Gasteiger partial charge is 0.307 e. The third kappa shape index (κ3) is 2.92. The Morgan fingerprint density at radius 3 is 2.83 bits per heavy atom. The van der Waals surface area contributed by atoms with Crippen LogP contribution in [0.5, 0.6) is 11.5 Å². The summed E-state index contributed by atoms with van der Waals surface area (Å²) in [5.41, 5.74) is 0.707. The van der Waals surface area contributed by atoms with Gasteiger partial charge in [0.1, 0.15) is 11.5 Å². The summed E-state index contributed by atoms with van der Waals surface area (Å²) in [6.45, 7) is 1.86. The molecular formula is C13H17NO4. The van der Waals surface area contributed by atoms with Gasteiger partial charge in [0.25, 0.3) is 0 Å². The Balaban J connectivity index is 2.02. The summed E-state index contributed by atoms with van der Waals surface area (Å²) >= 11 is 0. The zero-order valence-electron chi connectivity index (χ0n) is 10.0. The van der Waals surface area contributed by atoms with Crippen LogP contribution in [0.4, 0.5) is 0 Å². The Morgan fingerprint density at radius 2 is 2.17 bits per heavy atom. The molecule has 0 amide bonds. The summed E-state index contributed by atoms with van der Waals surface area (Å²) in [5.74, 6) is -1.00. The second-order valence-corrected chi connectivity index (χ2v) is 4.73. The molecule has 0 aliphatic carbocycles. The van der Waals surface area contributed by atoms with Gasteiger partial charge in [-0.1, -0.05) is 6.07 Å². The summed E-state index contributed by atoms with van der Waals surface area (Å²) in [6, 6.07) is 4.48. The SMILES string of the molecule is O=C(O)C1CCCN(Cc2ccc(O)cc2O)C1. The minimum absolute atomic E-state index is 0.0262. The molecule has 2 rings (SSSR count). The van der Waals surface area contributed by atoms with Crippen LogP contribution in [-0.2, 0) is 11.3 Å². The number of nitrogens with zero attached hydrogens (tertiary/aromatic N) is 1. The highest BCUT2D eigenvalue weighted by atomic mass is 16.4. The second kappa shape index (κ2) is 5.27. The van der Waals surface area contributed by atoms with Gasteiger partial charge >= 0.3 is 5.97 Å². The van der Waals surface area contributed by atoms with Crippen molar-refractivity contribution in [3.05, 3.63) is 23.8 Å². The van der Waals surface area contributed by atoms with Crippen LogP contribution in [0.1, 0.15) is 18.4 Å². The molecule has 0 saturated carbocycles. The number of phenols is 2. The molecule has 0 bridgehead atoms. The summed E-state index contributed by atoms with van der Waals surface area (Å²) in [4.78, 5) is 13.0. The predicted molar refractivity (Wildman–Crippen MR) is 65.4 cm³/mol. The molecule has 1 aliphatic heterocycles. The van der Waals surface area contributed by atoms with Crippen LogP contribution in [-0.4, -0.2) is 39.3 Å². The Hall–Kier alpha value is -1.75. The van der Waals surface area contributed by atoms with Crippen molar-refractivity contribution in [2.75, 3.05) is 13.1 Å². The molecule has 1 saturated heterocycles. The summed E-state index contributed by atoms with van der Waals surface area (Å²) in [5, 5.41) is 27.9. The van der Waals surface area contributed by atoms with Gasteiger partial charge in [0.05, 0.1) is 5.92 Å². The van der Waals surface area contributed by atoms with E-state index in [4.69, 9.17) is 5.11 Å². The predicted octanol–water partition coefficient (Wildman–Crippen LogP) is 1.39. The molecule has 5 heteroatoms. The van der Waals surface area contributed by atoms with E-state index in [1.54, 1.807) is 6.07 Å². The van der Waals surface area contributed by atoms with Crippen molar-refractivity contribution in [3.8, 4) is 11.5 Å². The molecule has 0 aromatic heterocycles.